The van der Waals surface area contributed by atoms with E-state index in [9.17, 15) is 22.4 Å². The van der Waals surface area contributed by atoms with Crippen molar-refractivity contribution < 1.29 is 22.4 Å². The minimum Gasteiger partial charge on any atom is -0.382 e. The molecule has 2 aliphatic carbocycles. The number of carbonyl (C=O) groups excluding carboxylic acids is 1. The summed E-state index contributed by atoms with van der Waals surface area (Å²) < 4.78 is 54.0. The summed E-state index contributed by atoms with van der Waals surface area (Å²) in [7, 11) is 0. The molecule has 1 aromatic carbocycles. The average molecular weight is 475 g/mol. The maximum atomic E-state index is 13.9. The van der Waals surface area contributed by atoms with Crippen molar-refractivity contribution in [3.8, 4) is 0 Å². The zero-order valence-corrected chi connectivity index (χ0v) is 18.4. The minimum atomic E-state index is -4.61. The number of aromatic amines is 1. The quantitative estimate of drug-likeness (QED) is 0.475. The van der Waals surface area contributed by atoms with Gasteiger partial charge >= 0.3 is 6.18 Å². The van der Waals surface area contributed by atoms with E-state index in [2.05, 4.69) is 25.8 Å². The molecule has 0 spiro atoms. The highest BCUT2D eigenvalue weighted by Gasteiger charge is 2.34. The predicted octanol–water partition coefficient (Wildman–Crippen LogP) is 4.76. The van der Waals surface area contributed by atoms with Gasteiger partial charge in [0.15, 0.2) is 0 Å². The lowest BCUT2D eigenvalue weighted by Gasteiger charge is -2.32. The molecule has 6 nitrogen and oxygen atoms in total. The lowest BCUT2D eigenvalue weighted by molar-refractivity contribution is -0.140. The zero-order chi connectivity index (χ0) is 23.9. The molecule has 180 valence electrons. The van der Waals surface area contributed by atoms with Crippen LogP contribution in [-0.4, -0.2) is 33.2 Å². The third-order valence-corrected chi connectivity index (χ3v) is 6.83. The average Bonchev–Trinajstić information content (AvgIpc) is 3.27. The number of carbonyl (C=O) groups is 1. The number of alkyl halides is 3. The van der Waals surface area contributed by atoms with Crippen LogP contribution in [0.4, 0.5) is 23.2 Å². The third kappa shape index (κ3) is 4.71. The Labute approximate surface area is 193 Å². The molecule has 1 amide bonds. The third-order valence-electron chi connectivity index (χ3n) is 6.83. The number of hydrogen-bond acceptors (Lipinski definition) is 4. The van der Waals surface area contributed by atoms with Crippen LogP contribution in [0.25, 0.3) is 10.9 Å². The summed E-state index contributed by atoms with van der Waals surface area (Å²) in [4.78, 5) is 16.6. The molecule has 1 unspecified atom stereocenters. The number of fused-ring (bicyclic) bond motifs is 2. The smallest absolute Gasteiger partial charge is 0.382 e. The van der Waals surface area contributed by atoms with E-state index in [-0.39, 0.29) is 35.1 Å². The summed E-state index contributed by atoms with van der Waals surface area (Å²) >= 11 is 0. The van der Waals surface area contributed by atoms with Gasteiger partial charge in [-0.2, -0.15) is 18.3 Å². The number of aromatic nitrogens is 3. The van der Waals surface area contributed by atoms with E-state index in [1.807, 2.05) is 0 Å². The number of rotatable bonds is 4. The number of nitrogens with zero attached hydrogens (tertiary/aromatic N) is 2. The fourth-order valence-electron chi connectivity index (χ4n) is 5.09. The van der Waals surface area contributed by atoms with Crippen molar-refractivity contribution in [2.75, 3.05) is 5.32 Å². The van der Waals surface area contributed by atoms with Gasteiger partial charge in [0.25, 0.3) is 0 Å². The molecule has 0 bridgehead atoms. The first-order valence-electron chi connectivity index (χ1n) is 11.5. The molecule has 2 heterocycles. The van der Waals surface area contributed by atoms with E-state index >= 15 is 0 Å². The van der Waals surface area contributed by atoms with Gasteiger partial charge in [0.1, 0.15) is 11.5 Å². The number of halogens is 4. The number of aryl methyl sites for hydroxylation is 1. The van der Waals surface area contributed by atoms with E-state index in [1.54, 1.807) is 6.20 Å². The largest absolute Gasteiger partial charge is 0.433 e. The van der Waals surface area contributed by atoms with Crippen LogP contribution in [0.2, 0.25) is 0 Å². The van der Waals surface area contributed by atoms with Crippen LogP contribution in [0.5, 0.6) is 0 Å². The van der Waals surface area contributed by atoms with Gasteiger partial charge < -0.3 is 10.6 Å². The summed E-state index contributed by atoms with van der Waals surface area (Å²) in [5.74, 6) is -0.646. The maximum absolute atomic E-state index is 13.9. The fourth-order valence-corrected chi connectivity index (χ4v) is 5.09. The van der Waals surface area contributed by atoms with E-state index in [0.717, 1.165) is 55.5 Å². The van der Waals surface area contributed by atoms with Crippen LogP contribution in [0.1, 0.15) is 49.1 Å². The number of benzene rings is 1. The second-order valence-corrected chi connectivity index (χ2v) is 9.24. The number of anilines is 1. The zero-order valence-electron chi connectivity index (χ0n) is 18.4. The monoisotopic (exact) mass is 475 g/mol. The molecular formula is C24H25F4N5O. The molecule has 0 radical (unpaired) electrons. The second kappa shape index (κ2) is 8.88. The van der Waals surface area contributed by atoms with Crippen molar-refractivity contribution in [3.05, 3.63) is 53.2 Å². The lowest BCUT2D eigenvalue weighted by Crippen LogP contribution is -2.45. The molecule has 3 atom stereocenters. The van der Waals surface area contributed by atoms with Crippen LogP contribution < -0.4 is 10.6 Å². The number of hydrogen-bond donors (Lipinski definition) is 3. The van der Waals surface area contributed by atoms with Gasteiger partial charge in [0.05, 0.1) is 11.7 Å². The van der Waals surface area contributed by atoms with Crippen molar-refractivity contribution in [3.63, 3.8) is 0 Å². The van der Waals surface area contributed by atoms with Gasteiger partial charge in [-0.1, -0.05) is 0 Å². The molecular weight excluding hydrogens is 450 g/mol. The van der Waals surface area contributed by atoms with Crippen molar-refractivity contribution >= 4 is 22.5 Å². The SMILES string of the molecule is O=C(N[C@@H]1CCC[C@H](Nc2cc(C(F)(F)F)nc3ccc(F)cc23)C1)C1CCc2[nH]ncc2C1. The lowest BCUT2D eigenvalue weighted by atomic mass is 9.86. The first-order chi connectivity index (χ1) is 16.3. The standard InChI is InChI=1S/C24H25F4N5O/c25-15-5-7-20-18(9-15)21(11-22(32-20)24(26,27)28)30-16-2-1-3-17(10-16)31-23(34)13-4-6-19-14(8-13)12-29-33-19/h5,7,9,11-13,16-17H,1-4,6,8,10H2,(H,29,33)(H,30,32)(H,31,34)/t13?,16-,17+/m0/s1. The Balaban J connectivity index is 1.29. The van der Waals surface area contributed by atoms with Gasteiger partial charge in [-0.15, -0.1) is 0 Å². The Morgan fingerprint density at radius 2 is 1.94 bits per heavy atom. The highest BCUT2D eigenvalue weighted by atomic mass is 19.4. The fraction of sp³-hybridized carbons (Fsp3) is 0.458. The molecule has 2 aromatic heterocycles. The van der Waals surface area contributed by atoms with E-state index < -0.39 is 17.7 Å². The second-order valence-electron chi connectivity index (χ2n) is 9.24. The number of pyridine rings is 1. The van der Waals surface area contributed by atoms with Crippen molar-refractivity contribution in [2.24, 2.45) is 5.92 Å². The van der Waals surface area contributed by atoms with Crippen molar-refractivity contribution in [2.45, 2.75) is 63.2 Å². The summed E-state index contributed by atoms with van der Waals surface area (Å²) in [5.41, 5.74) is 1.42. The molecule has 0 aliphatic heterocycles. The number of nitrogens with one attached hydrogen (secondary N) is 3. The molecule has 34 heavy (non-hydrogen) atoms. The summed E-state index contributed by atoms with van der Waals surface area (Å²) in [6, 6.07) is 4.26. The first kappa shape index (κ1) is 22.6. The summed E-state index contributed by atoms with van der Waals surface area (Å²) in [5, 5.41) is 13.7. The first-order valence-corrected chi connectivity index (χ1v) is 11.5. The van der Waals surface area contributed by atoms with Gasteiger partial charge in [0.2, 0.25) is 5.91 Å². The van der Waals surface area contributed by atoms with Crippen LogP contribution in [0, 0.1) is 11.7 Å². The molecule has 1 fully saturated rings. The Morgan fingerprint density at radius 3 is 2.76 bits per heavy atom. The normalized spacial score (nSPS) is 22.9. The van der Waals surface area contributed by atoms with Crippen molar-refractivity contribution in [1.82, 2.24) is 20.5 Å². The number of H-pyrrole nitrogens is 1. The van der Waals surface area contributed by atoms with Crippen LogP contribution >= 0.6 is 0 Å². The van der Waals surface area contributed by atoms with Crippen LogP contribution in [0.3, 0.4) is 0 Å². The number of amides is 1. The maximum Gasteiger partial charge on any atom is 0.433 e. The van der Waals surface area contributed by atoms with Gasteiger partial charge in [0, 0.05) is 34.8 Å². The minimum absolute atomic E-state index is 0.00768. The Kier molecular flexibility index (Phi) is 5.91. The van der Waals surface area contributed by atoms with Crippen LogP contribution in [0.15, 0.2) is 30.5 Å². The molecule has 10 heteroatoms. The molecule has 2 aliphatic rings. The van der Waals surface area contributed by atoms with Gasteiger partial charge in [-0.25, -0.2) is 9.37 Å². The van der Waals surface area contributed by atoms with Gasteiger partial charge in [-0.05, 0) is 74.8 Å². The molecule has 3 N–H and O–H groups in total. The molecule has 3 aromatic rings. The highest BCUT2D eigenvalue weighted by Crippen LogP contribution is 2.35. The Morgan fingerprint density at radius 1 is 1.12 bits per heavy atom. The predicted molar refractivity (Wildman–Crippen MR) is 119 cm³/mol. The Bertz CT molecular complexity index is 1210. The molecule has 1 saturated carbocycles. The highest BCUT2D eigenvalue weighted by molar-refractivity contribution is 5.91. The van der Waals surface area contributed by atoms with Crippen LogP contribution in [-0.2, 0) is 23.8 Å². The molecule has 0 saturated heterocycles. The van der Waals surface area contributed by atoms with E-state index in [1.165, 1.54) is 12.1 Å². The van der Waals surface area contributed by atoms with E-state index in [4.69, 9.17) is 0 Å². The van der Waals surface area contributed by atoms with Gasteiger partial charge in [-0.3, -0.25) is 9.89 Å². The van der Waals surface area contributed by atoms with E-state index in [0.29, 0.717) is 18.2 Å². The molecule has 5 rings (SSSR count). The summed E-state index contributed by atoms with van der Waals surface area (Å²) in [6.45, 7) is 0. The topological polar surface area (TPSA) is 82.7 Å². The summed E-state index contributed by atoms with van der Waals surface area (Å²) in [6.07, 6.45) is 2.31. The van der Waals surface area contributed by atoms with Crippen molar-refractivity contribution in [1.29, 1.82) is 0 Å². The Hall–Kier alpha value is -3.17.